The van der Waals surface area contributed by atoms with Crippen LogP contribution in [0.3, 0.4) is 0 Å². The van der Waals surface area contributed by atoms with Gasteiger partial charge in [-0.15, -0.1) is 0 Å². The third kappa shape index (κ3) is 3.90. The Morgan fingerprint density at radius 1 is 1.21 bits per heavy atom. The first-order valence-corrected chi connectivity index (χ1v) is 4.88. The summed E-state index contributed by atoms with van der Waals surface area (Å²) in [4.78, 5) is 0. The molecule has 0 radical (unpaired) electrons. The highest BCUT2D eigenvalue weighted by molar-refractivity contribution is 5.29. The summed E-state index contributed by atoms with van der Waals surface area (Å²) < 4.78 is 5.49. The third-order valence-electron chi connectivity index (χ3n) is 2.10. The highest BCUT2D eigenvalue weighted by Gasteiger charge is 1.97. The smallest absolute Gasteiger partial charge is 0.0719 e. The van der Waals surface area contributed by atoms with E-state index >= 15 is 0 Å². The Hall–Kier alpha value is -0.860. The average molecular weight is 195 g/mol. The molecule has 0 aliphatic carbocycles. The van der Waals surface area contributed by atoms with Crippen LogP contribution in [-0.2, 0) is 11.3 Å². The summed E-state index contributed by atoms with van der Waals surface area (Å²) in [6.07, 6.45) is 1.09. The topological polar surface area (TPSA) is 44.2 Å². The molecule has 0 atom stereocenters. The first-order valence-electron chi connectivity index (χ1n) is 4.88. The zero-order valence-corrected chi connectivity index (χ0v) is 9.47. The summed E-state index contributed by atoms with van der Waals surface area (Å²) in [6, 6.07) is 6.49. The molecule has 0 aliphatic heterocycles. The Morgan fingerprint density at radius 3 is 2.50 bits per heavy atom. The number of rotatable bonds is 4. The zero-order chi connectivity index (χ0) is 9.68. The molecule has 1 aromatic carbocycles. The van der Waals surface area contributed by atoms with Crippen molar-refractivity contribution >= 4 is 0 Å². The molecule has 0 unspecified atom stereocenters. The lowest BCUT2D eigenvalue weighted by molar-refractivity contribution is 0.121. The maximum Gasteiger partial charge on any atom is 0.0719 e. The van der Waals surface area contributed by atoms with Gasteiger partial charge < -0.3 is 10.9 Å². The van der Waals surface area contributed by atoms with E-state index in [0.29, 0.717) is 0 Å². The predicted octanol–water partition coefficient (Wildman–Crippen LogP) is 3.39. The normalized spacial score (nSPS) is 9.64. The van der Waals surface area contributed by atoms with Gasteiger partial charge in [0.1, 0.15) is 0 Å². The maximum atomic E-state index is 5.49. The standard InChI is InChI=1S/C12H18O.H3N/c1-4-7-13-9-12-6-5-10(2)8-11(12)3;/h5-6,8H,4,7,9H2,1-3H3;1H3. The molecule has 80 valence electrons. The van der Waals surface area contributed by atoms with Gasteiger partial charge in [0.25, 0.3) is 0 Å². The van der Waals surface area contributed by atoms with Gasteiger partial charge in [-0.25, -0.2) is 0 Å². The van der Waals surface area contributed by atoms with Crippen molar-refractivity contribution in [1.29, 1.82) is 0 Å². The maximum absolute atomic E-state index is 5.49. The first kappa shape index (κ1) is 13.1. The summed E-state index contributed by atoms with van der Waals surface area (Å²) in [5.41, 5.74) is 3.95. The van der Waals surface area contributed by atoms with Crippen LogP contribution in [-0.4, -0.2) is 6.61 Å². The van der Waals surface area contributed by atoms with Crippen LogP contribution in [0.15, 0.2) is 18.2 Å². The van der Waals surface area contributed by atoms with Gasteiger partial charge >= 0.3 is 0 Å². The Kier molecular flexibility index (Phi) is 6.17. The van der Waals surface area contributed by atoms with Crippen molar-refractivity contribution in [3.8, 4) is 0 Å². The lowest BCUT2D eigenvalue weighted by atomic mass is 10.1. The van der Waals surface area contributed by atoms with E-state index in [1.165, 1.54) is 16.7 Å². The third-order valence-corrected chi connectivity index (χ3v) is 2.10. The summed E-state index contributed by atoms with van der Waals surface area (Å²) in [5.74, 6) is 0. The number of benzene rings is 1. The molecule has 0 saturated heterocycles. The number of ether oxygens (including phenoxy) is 1. The Bertz CT molecular complexity index is 271. The van der Waals surface area contributed by atoms with Crippen LogP contribution in [0.5, 0.6) is 0 Å². The largest absolute Gasteiger partial charge is 0.377 e. The van der Waals surface area contributed by atoms with Gasteiger partial charge in [0.05, 0.1) is 6.61 Å². The van der Waals surface area contributed by atoms with Gasteiger partial charge in [-0.2, -0.15) is 0 Å². The molecular formula is C12H21NO. The molecular weight excluding hydrogens is 174 g/mol. The van der Waals surface area contributed by atoms with Crippen molar-refractivity contribution in [2.75, 3.05) is 6.61 Å². The minimum Gasteiger partial charge on any atom is -0.377 e. The second-order valence-electron chi connectivity index (χ2n) is 3.48. The Balaban J connectivity index is 0.00000169. The molecule has 0 aliphatic rings. The van der Waals surface area contributed by atoms with Crippen LogP contribution in [0.1, 0.15) is 30.0 Å². The van der Waals surface area contributed by atoms with Gasteiger partial charge in [0.15, 0.2) is 0 Å². The molecule has 0 fully saturated rings. The quantitative estimate of drug-likeness (QED) is 0.748. The van der Waals surface area contributed by atoms with E-state index in [1.54, 1.807) is 0 Å². The van der Waals surface area contributed by atoms with E-state index in [0.717, 1.165) is 19.6 Å². The molecule has 3 N–H and O–H groups in total. The monoisotopic (exact) mass is 195 g/mol. The predicted molar refractivity (Wildman–Crippen MR) is 60.9 cm³/mol. The van der Waals surface area contributed by atoms with Gasteiger partial charge in [0.2, 0.25) is 0 Å². The second kappa shape index (κ2) is 6.57. The van der Waals surface area contributed by atoms with Crippen LogP contribution in [0, 0.1) is 13.8 Å². The van der Waals surface area contributed by atoms with E-state index in [-0.39, 0.29) is 6.15 Å². The van der Waals surface area contributed by atoms with Crippen LogP contribution in [0.25, 0.3) is 0 Å². The van der Waals surface area contributed by atoms with Crippen LogP contribution in [0.2, 0.25) is 0 Å². The molecule has 14 heavy (non-hydrogen) atoms. The molecule has 0 bridgehead atoms. The Morgan fingerprint density at radius 2 is 1.93 bits per heavy atom. The number of hydrogen-bond donors (Lipinski definition) is 1. The van der Waals surface area contributed by atoms with Crippen molar-refractivity contribution in [3.05, 3.63) is 34.9 Å². The summed E-state index contributed by atoms with van der Waals surface area (Å²) in [5, 5.41) is 0. The minimum absolute atomic E-state index is 0. The van der Waals surface area contributed by atoms with E-state index in [9.17, 15) is 0 Å². The summed E-state index contributed by atoms with van der Waals surface area (Å²) >= 11 is 0. The van der Waals surface area contributed by atoms with Crippen LogP contribution in [0.4, 0.5) is 0 Å². The summed E-state index contributed by atoms with van der Waals surface area (Å²) in [7, 11) is 0. The molecule has 1 aromatic rings. The number of aryl methyl sites for hydroxylation is 2. The fourth-order valence-corrected chi connectivity index (χ4v) is 1.33. The fourth-order valence-electron chi connectivity index (χ4n) is 1.33. The van der Waals surface area contributed by atoms with Crippen molar-refractivity contribution in [3.63, 3.8) is 0 Å². The molecule has 0 heterocycles. The lowest BCUT2D eigenvalue weighted by Gasteiger charge is -2.06. The van der Waals surface area contributed by atoms with Crippen molar-refractivity contribution in [2.45, 2.75) is 33.8 Å². The molecule has 0 aromatic heterocycles. The fraction of sp³-hybridized carbons (Fsp3) is 0.500. The van der Waals surface area contributed by atoms with Crippen LogP contribution < -0.4 is 6.15 Å². The molecule has 0 amide bonds. The van der Waals surface area contributed by atoms with Gasteiger partial charge in [0, 0.05) is 6.61 Å². The molecule has 2 nitrogen and oxygen atoms in total. The Labute approximate surface area is 86.9 Å². The summed E-state index contributed by atoms with van der Waals surface area (Å²) in [6.45, 7) is 7.98. The molecule has 0 saturated carbocycles. The van der Waals surface area contributed by atoms with E-state index in [1.807, 2.05) is 0 Å². The zero-order valence-electron chi connectivity index (χ0n) is 9.47. The van der Waals surface area contributed by atoms with Crippen molar-refractivity contribution in [2.24, 2.45) is 0 Å². The van der Waals surface area contributed by atoms with E-state index in [4.69, 9.17) is 4.74 Å². The van der Waals surface area contributed by atoms with Gasteiger partial charge in [-0.05, 0) is 31.4 Å². The SMILES string of the molecule is CCCOCc1ccc(C)cc1C.N. The van der Waals surface area contributed by atoms with Crippen molar-refractivity contribution < 1.29 is 4.74 Å². The molecule has 0 spiro atoms. The second-order valence-corrected chi connectivity index (χ2v) is 3.48. The van der Waals surface area contributed by atoms with E-state index in [2.05, 4.69) is 39.0 Å². The molecule has 1 rings (SSSR count). The highest BCUT2D eigenvalue weighted by Crippen LogP contribution is 2.11. The van der Waals surface area contributed by atoms with Crippen LogP contribution >= 0.6 is 0 Å². The average Bonchev–Trinajstić information content (AvgIpc) is 2.09. The van der Waals surface area contributed by atoms with Crippen molar-refractivity contribution in [1.82, 2.24) is 6.15 Å². The van der Waals surface area contributed by atoms with E-state index < -0.39 is 0 Å². The van der Waals surface area contributed by atoms with Gasteiger partial charge in [-0.1, -0.05) is 30.7 Å². The molecule has 2 heteroatoms. The minimum atomic E-state index is 0. The number of hydrogen-bond acceptors (Lipinski definition) is 2. The first-order chi connectivity index (χ1) is 6.24. The highest BCUT2D eigenvalue weighted by atomic mass is 16.5. The van der Waals surface area contributed by atoms with Gasteiger partial charge in [-0.3, -0.25) is 0 Å². The lowest BCUT2D eigenvalue weighted by Crippen LogP contribution is -1.96.